The number of rotatable bonds is 9. The molecule has 0 fully saturated rings. The van der Waals surface area contributed by atoms with Crippen molar-refractivity contribution >= 4 is 58.6 Å². The molecule has 0 N–H and O–H groups in total. The van der Waals surface area contributed by atoms with Crippen molar-refractivity contribution in [3.8, 4) is 11.1 Å². The van der Waals surface area contributed by atoms with E-state index in [4.69, 9.17) is 18.9 Å². The summed E-state index contributed by atoms with van der Waals surface area (Å²) in [5, 5.41) is 0. The van der Waals surface area contributed by atoms with E-state index in [-0.39, 0.29) is 0 Å². The number of carbonyl (C=O) groups excluding carboxylic acids is 2. The number of ether oxygens (including phenoxy) is 4. The minimum Gasteiger partial charge on any atom is -0.438 e. The summed E-state index contributed by atoms with van der Waals surface area (Å²) in [6.07, 6.45) is 7.14. The number of benzene rings is 6. The SMILES string of the molecule is COC(=O)OC1CC=Cc2c1cccc2N(c1ccccc1)c1ccc(-c2ccc(N(c3ccccc3)c3cccc4c3C=CCC4OC(=O)OC)cc2)cc1. The molecular formula is C48H40N2O6. The van der Waals surface area contributed by atoms with Gasteiger partial charge in [-0.25, -0.2) is 9.59 Å². The minimum atomic E-state index is -0.699. The first-order valence-electron chi connectivity index (χ1n) is 18.5. The molecule has 0 aromatic heterocycles. The highest BCUT2D eigenvalue weighted by molar-refractivity contribution is 5.87. The summed E-state index contributed by atoms with van der Waals surface area (Å²) in [5.41, 5.74) is 11.9. The largest absolute Gasteiger partial charge is 0.508 e. The molecule has 2 aliphatic rings. The Labute approximate surface area is 326 Å². The van der Waals surface area contributed by atoms with Gasteiger partial charge in [-0.2, -0.15) is 0 Å². The van der Waals surface area contributed by atoms with Gasteiger partial charge in [-0.05, 0) is 71.8 Å². The van der Waals surface area contributed by atoms with Crippen molar-refractivity contribution in [1.82, 2.24) is 0 Å². The van der Waals surface area contributed by atoms with Crippen LogP contribution >= 0.6 is 0 Å². The molecule has 0 aliphatic heterocycles. The highest BCUT2D eigenvalue weighted by atomic mass is 16.7. The Morgan fingerprint density at radius 2 is 0.839 bits per heavy atom. The fraction of sp³-hybridized carbons (Fsp3) is 0.125. The van der Waals surface area contributed by atoms with E-state index in [2.05, 4.69) is 107 Å². The zero-order valence-electron chi connectivity index (χ0n) is 31.1. The maximum absolute atomic E-state index is 12.1. The summed E-state index contributed by atoms with van der Waals surface area (Å²) < 4.78 is 20.9. The van der Waals surface area contributed by atoms with Crippen LogP contribution in [0.3, 0.4) is 0 Å². The molecule has 2 unspecified atom stereocenters. The van der Waals surface area contributed by atoms with Crippen molar-refractivity contribution < 1.29 is 28.5 Å². The molecule has 0 heterocycles. The lowest BCUT2D eigenvalue weighted by molar-refractivity contribution is 0.0361. The van der Waals surface area contributed by atoms with Crippen molar-refractivity contribution in [3.05, 3.63) is 180 Å². The number of anilines is 6. The Balaban J connectivity index is 1.12. The van der Waals surface area contributed by atoms with E-state index < -0.39 is 24.5 Å². The average molecular weight is 741 g/mol. The van der Waals surface area contributed by atoms with Gasteiger partial charge >= 0.3 is 12.3 Å². The summed E-state index contributed by atoms with van der Waals surface area (Å²) >= 11 is 0. The fourth-order valence-electron chi connectivity index (χ4n) is 7.49. The van der Waals surface area contributed by atoms with Crippen LogP contribution in [0, 0.1) is 0 Å². The molecule has 8 nitrogen and oxygen atoms in total. The highest BCUT2D eigenvalue weighted by Crippen LogP contribution is 2.45. The van der Waals surface area contributed by atoms with Crippen molar-refractivity contribution in [2.24, 2.45) is 0 Å². The number of carbonyl (C=O) groups is 2. The summed E-state index contributed by atoms with van der Waals surface area (Å²) in [4.78, 5) is 28.6. The average Bonchev–Trinajstić information content (AvgIpc) is 3.25. The number of nitrogens with zero attached hydrogens (tertiary/aromatic N) is 2. The van der Waals surface area contributed by atoms with E-state index in [0.717, 1.165) is 67.5 Å². The van der Waals surface area contributed by atoms with Gasteiger partial charge in [-0.15, -0.1) is 0 Å². The van der Waals surface area contributed by atoms with Crippen LogP contribution in [0.4, 0.5) is 43.7 Å². The molecule has 2 aliphatic carbocycles. The monoisotopic (exact) mass is 740 g/mol. The summed E-state index contributed by atoms with van der Waals surface area (Å²) in [6, 6.07) is 49.8. The van der Waals surface area contributed by atoms with E-state index in [1.54, 1.807) is 0 Å². The third-order valence-electron chi connectivity index (χ3n) is 10.1. The molecule has 0 amide bonds. The molecule has 8 heteroatoms. The molecule has 0 spiro atoms. The smallest absolute Gasteiger partial charge is 0.438 e. The zero-order chi connectivity index (χ0) is 38.4. The normalized spacial score (nSPS) is 15.2. The van der Waals surface area contributed by atoms with Gasteiger partial charge in [0.15, 0.2) is 0 Å². The minimum absolute atomic E-state index is 0.440. The number of para-hydroxylation sites is 2. The Bertz CT molecular complexity index is 2220. The van der Waals surface area contributed by atoms with Gasteiger partial charge in [0.05, 0.1) is 25.6 Å². The molecule has 6 aromatic carbocycles. The van der Waals surface area contributed by atoms with E-state index >= 15 is 0 Å². The van der Waals surface area contributed by atoms with E-state index in [9.17, 15) is 9.59 Å². The third kappa shape index (κ3) is 7.24. The van der Waals surface area contributed by atoms with Gasteiger partial charge in [-0.3, -0.25) is 0 Å². The van der Waals surface area contributed by atoms with Crippen LogP contribution < -0.4 is 9.80 Å². The summed E-state index contributed by atoms with van der Waals surface area (Å²) in [7, 11) is 2.64. The number of hydrogen-bond donors (Lipinski definition) is 0. The lowest BCUT2D eigenvalue weighted by Crippen LogP contribution is -2.17. The first-order valence-corrected chi connectivity index (χ1v) is 18.5. The Morgan fingerprint density at radius 1 is 0.464 bits per heavy atom. The molecule has 2 atom stereocenters. The topological polar surface area (TPSA) is 77.5 Å². The quantitative estimate of drug-likeness (QED) is 0.136. The van der Waals surface area contributed by atoms with Crippen LogP contribution in [-0.4, -0.2) is 26.5 Å². The Hall–Kier alpha value is -7.06. The van der Waals surface area contributed by atoms with Gasteiger partial charge in [0.1, 0.15) is 12.2 Å². The van der Waals surface area contributed by atoms with Gasteiger partial charge < -0.3 is 28.7 Å². The van der Waals surface area contributed by atoms with E-state index in [1.807, 2.05) is 72.8 Å². The molecule has 0 radical (unpaired) electrons. The van der Waals surface area contributed by atoms with Gasteiger partial charge in [0, 0.05) is 57.8 Å². The van der Waals surface area contributed by atoms with Crippen LogP contribution in [0.2, 0.25) is 0 Å². The second kappa shape index (κ2) is 16.1. The molecular weight excluding hydrogens is 701 g/mol. The third-order valence-corrected chi connectivity index (χ3v) is 10.1. The first kappa shape index (κ1) is 35.9. The number of methoxy groups -OCH3 is 2. The Kier molecular flexibility index (Phi) is 10.3. The summed E-state index contributed by atoms with van der Waals surface area (Å²) in [6.45, 7) is 0. The maximum atomic E-state index is 12.1. The lowest BCUT2D eigenvalue weighted by Gasteiger charge is -2.31. The van der Waals surface area contributed by atoms with Crippen molar-refractivity contribution in [3.63, 3.8) is 0 Å². The molecule has 0 saturated carbocycles. The Morgan fingerprint density at radius 3 is 1.21 bits per heavy atom. The molecule has 6 aromatic rings. The standard InChI is InChI=1S/C48H40N2O6/c1-53-47(51)55-45-23-11-17-39-41(45)19-9-21-43(39)49(35-13-5-3-6-14-35)37-29-25-33(26-30-37)34-27-31-38(32-28-34)50(36-15-7-4-8-16-36)44-22-10-20-42-40(44)18-12-24-46(42)56-48(52)54-2/h3-22,25-32,45-46H,23-24H2,1-2H3. The van der Waals surface area contributed by atoms with Crippen LogP contribution in [-0.2, 0) is 18.9 Å². The maximum Gasteiger partial charge on any atom is 0.508 e. The van der Waals surface area contributed by atoms with E-state index in [0.29, 0.717) is 12.8 Å². The predicted octanol–water partition coefficient (Wildman–Crippen LogP) is 12.8. The second-order valence-electron chi connectivity index (χ2n) is 13.4. The number of hydrogen-bond acceptors (Lipinski definition) is 8. The molecule has 8 rings (SSSR count). The molecule has 0 saturated heterocycles. The molecule has 56 heavy (non-hydrogen) atoms. The van der Waals surface area contributed by atoms with Gasteiger partial charge in [0.2, 0.25) is 0 Å². The van der Waals surface area contributed by atoms with Crippen molar-refractivity contribution in [1.29, 1.82) is 0 Å². The van der Waals surface area contributed by atoms with Crippen LogP contribution in [0.25, 0.3) is 23.3 Å². The predicted molar refractivity (Wildman–Crippen MR) is 221 cm³/mol. The zero-order valence-corrected chi connectivity index (χ0v) is 31.1. The van der Waals surface area contributed by atoms with Crippen LogP contribution in [0.15, 0.2) is 158 Å². The molecule has 0 bridgehead atoms. The van der Waals surface area contributed by atoms with E-state index in [1.165, 1.54) is 14.2 Å². The highest BCUT2D eigenvalue weighted by Gasteiger charge is 2.27. The van der Waals surface area contributed by atoms with Crippen LogP contribution in [0.5, 0.6) is 0 Å². The first-order chi connectivity index (χ1) is 27.5. The van der Waals surface area contributed by atoms with Crippen LogP contribution in [0.1, 0.15) is 47.3 Å². The van der Waals surface area contributed by atoms with Gasteiger partial charge in [0.25, 0.3) is 0 Å². The summed E-state index contributed by atoms with van der Waals surface area (Å²) in [5.74, 6) is 0. The molecule has 278 valence electrons. The van der Waals surface area contributed by atoms with Crippen molar-refractivity contribution in [2.45, 2.75) is 25.0 Å². The number of fused-ring (bicyclic) bond motifs is 2. The van der Waals surface area contributed by atoms with Crippen molar-refractivity contribution in [2.75, 3.05) is 24.0 Å². The fourth-order valence-corrected chi connectivity index (χ4v) is 7.49. The van der Waals surface area contributed by atoms with Gasteiger partial charge in [-0.1, -0.05) is 109 Å². The second-order valence-corrected chi connectivity index (χ2v) is 13.4. The lowest BCUT2D eigenvalue weighted by atomic mass is 9.92.